The zero-order valence-corrected chi connectivity index (χ0v) is 13.1. The number of aryl methyl sites for hydroxylation is 1. The molecule has 0 atom stereocenters. The van der Waals surface area contributed by atoms with Crippen molar-refractivity contribution in [1.82, 2.24) is 10.5 Å². The van der Waals surface area contributed by atoms with Crippen molar-refractivity contribution < 1.29 is 22.8 Å². The third kappa shape index (κ3) is 4.28. The molecule has 0 saturated carbocycles. The van der Waals surface area contributed by atoms with E-state index in [1.165, 1.54) is 12.1 Å². The molecule has 2 aromatic rings. The van der Waals surface area contributed by atoms with Crippen LogP contribution in [0.4, 0.5) is 8.78 Å². The van der Waals surface area contributed by atoms with Crippen molar-refractivity contribution in [3.8, 4) is 5.75 Å². The summed E-state index contributed by atoms with van der Waals surface area (Å²) in [6, 6.07) is 6.18. The van der Waals surface area contributed by atoms with Gasteiger partial charge in [-0.25, -0.2) is 0 Å². The van der Waals surface area contributed by atoms with Gasteiger partial charge in [-0.2, -0.15) is 8.78 Å². The molecule has 1 aromatic carbocycles. The number of nitrogens with zero attached hydrogens (tertiary/aromatic N) is 1. The van der Waals surface area contributed by atoms with Crippen LogP contribution in [0.1, 0.15) is 47.1 Å². The van der Waals surface area contributed by atoms with Gasteiger partial charge in [-0.15, -0.1) is 0 Å². The van der Waals surface area contributed by atoms with E-state index in [2.05, 4.69) is 15.2 Å². The van der Waals surface area contributed by atoms with E-state index in [0.29, 0.717) is 22.6 Å². The SMILES string of the molecule is Cc1noc(C(C)C)c1C(=O)NCc1cccc(OC(F)F)c1. The highest BCUT2D eigenvalue weighted by atomic mass is 19.3. The third-order valence-corrected chi connectivity index (χ3v) is 3.22. The number of hydrogen-bond donors (Lipinski definition) is 1. The van der Waals surface area contributed by atoms with Gasteiger partial charge in [-0.3, -0.25) is 4.79 Å². The second kappa shape index (κ2) is 7.21. The monoisotopic (exact) mass is 324 g/mol. The Morgan fingerprint density at radius 1 is 1.39 bits per heavy atom. The van der Waals surface area contributed by atoms with Gasteiger partial charge in [-0.1, -0.05) is 31.1 Å². The van der Waals surface area contributed by atoms with Crippen molar-refractivity contribution in [2.45, 2.75) is 39.8 Å². The van der Waals surface area contributed by atoms with Gasteiger partial charge in [0.2, 0.25) is 0 Å². The third-order valence-electron chi connectivity index (χ3n) is 3.22. The predicted octanol–water partition coefficient (Wildman–Crippen LogP) is 3.64. The number of halogens is 2. The van der Waals surface area contributed by atoms with Crippen LogP contribution >= 0.6 is 0 Å². The minimum atomic E-state index is -2.88. The number of aromatic nitrogens is 1. The number of nitrogens with one attached hydrogen (secondary N) is 1. The van der Waals surface area contributed by atoms with Crippen molar-refractivity contribution in [2.75, 3.05) is 0 Å². The Morgan fingerprint density at radius 2 is 2.13 bits per heavy atom. The van der Waals surface area contributed by atoms with Crippen LogP contribution in [0.3, 0.4) is 0 Å². The number of alkyl halides is 2. The summed E-state index contributed by atoms with van der Waals surface area (Å²) < 4.78 is 33.9. The molecule has 0 saturated heterocycles. The molecule has 5 nitrogen and oxygen atoms in total. The van der Waals surface area contributed by atoms with Gasteiger partial charge in [0.1, 0.15) is 11.3 Å². The van der Waals surface area contributed by atoms with Crippen LogP contribution in [0.2, 0.25) is 0 Å². The fraction of sp³-hybridized carbons (Fsp3) is 0.375. The predicted molar refractivity (Wildman–Crippen MR) is 79.6 cm³/mol. The summed E-state index contributed by atoms with van der Waals surface area (Å²) in [7, 11) is 0. The summed E-state index contributed by atoms with van der Waals surface area (Å²) in [5.74, 6) is 0.290. The highest BCUT2D eigenvalue weighted by Gasteiger charge is 2.22. The fourth-order valence-corrected chi connectivity index (χ4v) is 2.16. The number of carbonyl (C=O) groups is 1. The minimum Gasteiger partial charge on any atom is -0.435 e. The molecule has 1 aromatic heterocycles. The lowest BCUT2D eigenvalue weighted by Gasteiger charge is -2.09. The molecule has 124 valence electrons. The van der Waals surface area contributed by atoms with Crippen molar-refractivity contribution in [3.05, 3.63) is 46.8 Å². The highest BCUT2D eigenvalue weighted by Crippen LogP contribution is 2.22. The number of carbonyl (C=O) groups excluding carboxylic acids is 1. The van der Waals surface area contributed by atoms with Gasteiger partial charge in [0.05, 0.1) is 5.69 Å². The summed E-state index contributed by atoms with van der Waals surface area (Å²) in [6.45, 7) is 2.81. The molecule has 7 heteroatoms. The van der Waals surface area contributed by atoms with Gasteiger partial charge in [0.15, 0.2) is 5.76 Å². The van der Waals surface area contributed by atoms with Crippen LogP contribution in [-0.4, -0.2) is 17.7 Å². The van der Waals surface area contributed by atoms with Crippen LogP contribution in [0, 0.1) is 6.92 Å². The lowest BCUT2D eigenvalue weighted by atomic mass is 10.0. The molecular weight excluding hydrogens is 306 g/mol. The molecule has 2 rings (SSSR count). The van der Waals surface area contributed by atoms with Crippen molar-refractivity contribution in [2.24, 2.45) is 0 Å². The first-order valence-corrected chi connectivity index (χ1v) is 7.16. The van der Waals surface area contributed by atoms with Crippen LogP contribution in [0.5, 0.6) is 5.75 Å². The average molecular weight is 324 g/mol. The molecule has 0 aliphatic heterocycles. The molecule has 23 heavy (non-hydrogen) atoms. The van der Waals surface area contributed by atoms with Crippen molar-refractivity contribution in [1.29, 1.82) is 0 Å². The van der Waals surface area contributed by atoms with Crippen LogP contribution in [0.25, 0.3) is 0 Å². The van der Waals surface area contributed by atoms with Crippen molar-refractivity contribution >= 4 is 5.91 Å². The molecule has 0 fully saturated rings. The summed E-state index contributed by atoms with van der Waals surface area (Å²) in [6.07, 6.45) is 0. The van der Waals surface area contributed by atoms with E-state index in [4.69, 9.17) is 4.52 Å². The Hall–Kier alpha value is -2.44. The number of hydrogen-bond acceptors (Lipinski definition) is 4. The number of ether oxygens (including phenoxy) is 1. The summed E-state index contributed by atoms with van der Waals surface area (Å²) in [4.78, 5) is 12.3. The quantitative estimate of drug-likeness (QED) is 0.881. The fourth-order valence-electron chi connectivity index (χ4n) is 2.16. The molecular formula is C16H18F2N2O3. The van der Waals surface area contributed by atoms with Gasteiger partial charge in [0.25, 0.3) is 5.91 Å². The minimum absolute atomic E-state index is 0.0275. The van der Waals surface area contributed by atoms with E-state index in [0.717, 1.165) is 0 Å². The zero-order valence-electron chi connectivity index (χ0n) is 13.1. The molecule has 0 unspecified atom stereocenters. The smallest absolute Gasteiger partial charge is 0.387 e. The Labute approximate surface area is 132 Å². The maximum atomic E-state index is 12.3. The normalized spacial score (nSPS) is 11.1. The van der Waals surface area contributed by atoms with E-state index < -0.39 is 6.61 Å². The molecule has 0 aliphatic rings. The summed E-state index contributed by atoms with van der Waals surface area (Å²) in [5, 5.41) is 6.56. The Balaban J connectivity index is 2.06. The van der Waals surface area contributed by atoms with Gasteiger partial charge in [0, 0.05) is 12.5 Å². The molecule has 1 N–H and O–H groups in total. The lowest BCUT2D eigenvalue weighted by Crippen LogP contribution is -2.24. The number of rotatable bonds is 6. The Kier molecular flexibility index (Phi) is 5.31. The van der Waals surface area contributed by atoms with Crippen LogP contribution in [-0.2, 0) is 6.54 Å². The Bertz CT molecular complexity index is 684. The first kappa shape index (κ1) is 16.9. The van der Waals surface area contributed by atoms with Crippen molar-refractivity contribution in [3.63, 3.8) is 0 Å². The number of benzene rings is 1. The lowest BCUT2D eigenvalue weighted by molar-refractivity contribution is -0.0498. The maximum absolute atomic E-state index is 12.3. The van der Waals surface area contributed by atoms with Gasteiger partial charge < -0.3 is 14.6 Å². The first-order valence-electron chi connectivity index (χ1n) is 7.16. The average Bonchev–Trinajstić information content (AvgIpc) is 2.86. The maximum Gasteiger partial charge on any atom is 0.387 e. The molecule has 0 bridgehead atoms. The zero-order chi connectivity index (χ0) is 17.0. The van der Waals surface area contributed by atoms with Crippen LogP contribution in [0.15, 0.2) is 28.8 Å². The topological polar surface area (TPSA) is 64.4 Å². The van der Waals surface area contributed by atoms with E-state index in [1.807, 2.05) is 13.8 Å². The first-order chi connectivity index (χ1) is 10.9. The van der Waals surface area contributed by atoms with Crippen LogP contribution < -0.4 is 10.1 Å². The molecule has 0 spiro atoms. The van der Waals surface area contributed by atoms with E-state index >= 15 is 0 Å². The molecule has 0 radical (unpaired) electrons. The second-order valence-corrected chi connectivity index (χ2v) is 5.37. The van der Waals surface area contributed by atoms with E-state index in [9.17, 15) is 13.6 Å². The van der Waals surface area contributed by atoms with E-state index in [1.54, 1.807) is 19.1 Å². The van der Waals surface area contributed by atoms with Gasteiger partial charge >= 0.3 is 6.61 Å². The molecule has 1 heterocycles. The standard InChI is InChI=1S/C16H18F2N2O3/c1-9(2)14-13(10(3)20-23-14)15(21)19-8-11-5-4-6-12(7-11)22-16(17)18/h4-7,9,16H,8H2,1-3H3,(H,19,21). The molecule has 1 amide bonds. The van der Waals surface area contributed by atoms with E-state index in [-0.39, 0.29) is 24.1 Å². The highest BCUT2D eigenvalue weighted by molar-refractivity contribution is 5.96. The largest absolute Gasteiger partial charge is 0.435 e. The Morgan fingerprint density at radius 3 is 2.78 bits per heavy atom. The van der Waals surface area contributed by atoms with Gasteiger partial charge in [-0.05, 0) is 24.6 Å². The number of amides is 1. The second-order valence-electron chi connectivity index (χ2n) is 5.37. The summed E-state index contributed by atoms with van der Waals surface area (Å²) >= 11 is 0. The summed E-state index contributed by atoms with van der Waals surface area (Å²) in [5.41, 5.74) is 1.58. The molecule has 0 aliphatic carbocycles.